The van der Waals surface area contributed by atoms with Crippen LogP contribution in [0, 0.1) is 38.2 Å². The van der Waals surface area contributed by atoms with Gasteiger partial charge in [-0.3, -0.25) is 0 Å². The molecule has 0 atom stereocenters. The number of aromatic carboxylic acids is 3. The van der Waals surface area contributed by atoms with E-state index < -0.39 is 17.9 Å². The third-order valence-electron chi connectivity index (χ3n) is 3.06. The van der Waals surface area contributed by atoms with E-state index >= 15 is 0 Å². The van der Waals surface area contributed by atoms with E-state index in [9.17, 15) is 14.4 Å². The maximum atomic E-state index is 10.2. The quantitative estimate of drug-likeness (QED) is 0.330. The van der Waals surface area contributed by atoms with Crippen LogP contribution in [-0.2, 0) is 0 Å². The molecule has 3 aromatic rings. The smallest absolute Gasteiger partial charge is 0.335 e. The number of carbonyl (C=O) groups is 3. The Labute approximate surface area is 225 Å². The summed E-state index contributed by atoms with van der Waals surface area (Å²) >= 11 is 0. The van der Waals surface area contributed by atoms with Crippen LogP contribution in [0.2, 0.25) is 0 Å². The van der Waals surface area contributed by atoms with Crippen LogP contribution in [0.3, 0.4) is 0 Å². The molecule has 0 aliphatic rings. The average Bonchev–Trinajstić information content (AvgIpc) is 2.71. The molecule has 13 heteroatoms. The minimum atomic E-state index is -0.879. The van der Waals surface area contributed by atoms with Crippen molar-refractivity contribution in [2.24, 2.45) is 0 Å². The van der Waals surface area contributed by atoms with Gasteiger partial charge in [-0.05, 0) is 36.4 Å². The number of hydrogen-bond donors (Lipinski definition) is 3. The Balaban J connectivity index is -0.0000000583. The first-order valence-corrected chi connectivity index (χ1v) is 7.77. The summed E-state index contributed by atoms with van der Waals surface area (Å²) in [5.74, 6) is -2.64. The van der Waals surface area contributed by atoms with Gasteiger partial charge in [-0.15, -0.1) is 0 Å². The predicted molar refractivity (Wildman–Crippen MR) is 122 cm³/mol. The first-order chi connectivity index (χ1) is 12.9. The summed E-state index contributed by atoms with van der Waals surface area (Å²) in [6, 6.07) is 24.9. The fourth-order valence-electron chi connectivity index (χ4n) is 1.74. The Kier molecular flexibility index (Phi) is 40.1. The molecule has 0 bridgehead atoms. The zero-order valence-electron chi connectivity index (χ0n) is 17.5. The largest absolute Gasteiger partial charge is 0.478 e. The third-order valence-corrected chi connectivity index (χ3v) is 3.06. The fourth-order valence-corrected chi connectivity index (χ4v) is 1.74. The minimum Gasteiger partial charge on any atom is -0.478 e. The van der Waals surface area contributed by atoms with E-state index in [0.29, 0.717) is 16.7 Å². The Morgan fingerprint density at radius 3 is 0.618 bits per heavy atom. The molecular weight excluding hydrogens is 607 g/mol. The van der Waals surface area contributed by atoms with E-state index in [1.807, 2.05) is 0 Å². The Hall–Kier alpha value is -2.90. The zero-order chi connectivity index (χ0) is 20.1. The van der Waals surface area contributed by atoms with Crippen molar-refractivity contribution in [1.29, 1.82) is 0 Å². The van der Waals surface area contributed by atoms with E-state index in [2.05, 4.69) is 0 Å². The van der Waals surface area contributed by atoms with Crippen LogP contribution in [0.1, 0.15) is 31.1 Å². The van der Waals surface area contributed by atoms with E-state index in [1.165, 1.54) is 0 Å². The summed E-state index contributed by atoms with van der Waals surface area (Å²) in [4.78, 5) is 30.6. The topological polar surface area (TPSA) is 301 Å². The van der Waals surface area contributed by atoms with Crippen LogP contribution in [0.15, 0.2) is 91.0 Å². The summed E-state index contributed by atoms with van der Waals surface area (Å²) in [6.45, 7) is 0. The van der Waals surface area contributed by atoms with Crippen molar-refractivity contribution in [3.63, 3.8) is 0 Å². The van der Waals surface area contributed by atoms with Crippen LogP contribution in [0.25, 0.3) is 0 Å². The first kappa shape index (κ1) is 48.5. The Morgan fingerprint density at radius 2 is 0.529 bits per heavy atom. The van der Waals surface area contributed by atoms with Gasteiger partial charge in [-0.25, -0.2) is 14.4 Å². The zero-order valence-corrected chi connectivity index (χ0v) is 19.6. The number of carboxylic acids is 3. The molecule has 15 N–H and O–H groups in total. The van der Waals surface area contributed by atoms with E-state index in [4.69, 9.17) is 15.3 Å². The SMILES string of the molecule is O.O.O.O.O.O.O=C(O)c1ccccc1.O=C(O)c1ccccc1.O=C(O)c1ccccc1.[Dy]. The van der Waals surface area contributed by atoms with Gasteiger partial charge in [0.2, 0.25) is 0 Å². The van der Waals surface area contributed by atoms with Gasteiger partial charge in [0.25, 0.3) is 0 Å². The molecule has 0 fully saturated rings. The second-order valence-electron chi connectivity index (χ2n) is 5.01. The third kappa shape index (κ3) is 21.0. The maximum absolute atomic E-state index is 10.2. The standard InChI is InChI=1S/3C7H6O2.Dy.6H2O/c3*8-7(9)6-4-2-1-3-5-6;;;;;;;/h3*1-5H,(H,8,9);;6*1H2. The van der Waals surface area contributed by atoms with Crippen molar-refractivity contribution >= 4 is 17.9 Å². The molecule has 196 valence electrons. The van der Waals surface area contributed by atoms with Crippen LogP contribution < -0.4 is 0 Å². The molecule has 3 aromatic carbocycles. The van der Waals surface area contributed by atoms with Gasteiger partial charge < -0.3 is 48.2 Å². The van der Waals surface area contributed by atoms with Gasteiger partial charge in [0.05, 0.1) is 16.7 Å². The summed E-state index contributed by atoms with van der Waals surface area (Å²) < 4.78 is 0. The monoisotopic (exact) mass is 638 g/mol. The molecule has 12 nitrogen and oxygen atoms in total. The Morgan fingerprint density at radius 1 is 0.382 bits per heavy atom. The molecule has 0 aromatic heterocycles. The van der Waals surface area contributed by atoms with Crippen LogP contribution in [-0.4, -0.2) is 66.1 Å². The van der Waals surface area contributed by atoms with Gasteiger partial charge in [0.1, 0.15) is 0 Å². The first-order valence-electron chi connectivity index (χ1n) is 7.77. The fraction of sp³-hybridized carbons (Fsp3) is 0. The minimum absolute atomic E-state index is 0. The van der Waals surface area contributed by atoms with Crippen molar-refractivity contribution in [1.82, 2.24) is 0 Å². The molecular formula is C21H30DyO12. The average molecular weight is 637 g/mol. The molecule has 0 heterocycles. The molecule has 0 saturated carbocycles. The summed E-state index contributed by atoms with van der Waals surface area (Å²) in [5, 5.41) is 25.2. The van der Waals surface area contributed by atoms with Crippen molar-refractivity contribution in [3.05, 3.63) is 108 Å². The number of carboxylic acid groups (broad SMARTS) is 3. The summed E-state index contributed by atoms with van der Waals surface area (Å²) in [7, 11) is 0. The molecule has 0 amide bonds. The predicted octanol–water partition coefficient (Wildman–Crippen LogP) is -0.794. The van der Waals surface area contributed by atoms with Crippen molar-refractivity contribution in [3.8, 4) is 0 Å². The molecule has 3 rings (SSSR count). The van der Waals surface area contributed by atoms with Gasteiger partial charge in [-0.1, -0.05) is 54.6 Å². The van der Waals surface area contributed by atoms with Crippen LogP contribution in [0.4, 0.5) is 0 Å². The molecule has 0 unspecified atom stereocenters. The van der Waals surface area contributed by atoms with Gasteiger partial charge in [0.15, 0.2) is 0 Å². The van der Waals surface area contributed by atoms with Crippen LogP contribution in [0.5, 0.6) is 0 Å². The maximum Gasteiger partial charge on any atom is 0.335 e. The second kappa shape index (κ2) is 28.1. The van der Waals surface area contributed by atoms with E-state index in [0.717, 1.165) is 0 Å². The summed E-state index contributed by atoms with van der Waals surface area (Å²) in [6.07, 6.45) is 0. The molecule has 34 heavy (non-hydrogen) atoms. The normalized spacial score (nSPS) is 7.06. The summed E-state index contributed by atoms with van der Waals surface area (Å²) in [5.41, 5.74) is 0.993. The van der Waals surface area contributed by atoms with Crippen molar-refractivity contribution in [2.45, 2.75) is 0 Å². The number of hydrogen-bond acceptors (Lipinski definition) is 3. The molecule has 0 spiro atoms. The molecule has 0 saturated heterocycles. The van der Waals surface area contributed by atoms with Crippen LogP contribution >= 0.6 is 0 Å². The van der Waals surface area contributed by atoms with E-state index in [1.54, 1.807) is 91.0 Å². The van der Waals surface area contributed by atoms with Crippen molar-refractivity contribution in [2.75, 3.05) is 0 Å². The molecule has 0 aliphatic carbocycles. The van der Waals surface area contributed by atoms with Gasteiger partial charge in [0, 0.05) is 38.2 Å². The second-order valence-corrected chi connectivity index (χ2v) is 5.01. The molecule has 0 radical (unpaired) electrons. The number of benzene rings is 3. The molecule has 0 aliphatic heterocycles. The van der Waals surface area contributed by atoms with E-state index in [-0.39, 0.29) is 71.0 Å². The van der Waals surface area contributed by atoms with Gasteiger partial charge >= 0.3 is 17.9 Å². The number of rotatable bonds is 3. The Bertz CT molecular complexity index is 745. The van der Waals surface area contributed by atoms with Gasteiger partial charge in [-0.2, -0.15) is 0 Å². The van der Waals surface area contributed by atoms with Crippen molar-refractivity contribution < 1.29 is 101 Å².